The number of carbonyl (C=O) groups is 2. The lowest BCUT2D eigenvalue weighted by Crippen LogP contribution is -2.24. The summed E-state index contributed by atoms with van der Waals surface area (Å²) in [4.78, 5) is 38.1. The first-order valence-electron chi connectivity index (χ1n) is 13.6. The summed E-state index contributed by atoms with van der Waals surface area (Å²) in [5, 5.41) is 5.99. The normalized spacial score (nSPS) is 11.9. The average Bonchev–Trinajstić information content (AvgIpc) is 3.49. The van der Waals surface area contributed by atoms with E-state index in [1.807, 2.05) is 48.5 Å². The lowest BCUT2D eigenvalue weighted by molar-refractivity contribution is -0.137. The Labute approximate surface area is 251 Å². The number of aryl methyl sites for hydroxylation is 1. The van der Waals surface area contributed by atoms with Crippen LogP contribution in [0.15, 0.2) is 85.3 Å². The maximum absolute atomic E-state index is 13.1. The third kappa shape index (κ3) is 6.55. The number of imidazole rings is 1. The van der Waals surface area contributed by atoms with Crippen molar-refractivity contribution in [2.45, 2.75) is 13.1 Å². The minimum absolute atomic E-state index is 0.108. The zero-order valence-corrected chi connectivity index (χ0v) is 24.5. The van der Waals surface area contributed by atoms with Crippen LogP contribution in [0, 0.1) is 6.92 Å². The van der Waals surface area contributed by atoms with Crippen LogP contribution >= 0.6 is 0 Å². The molecule has 0 saturated heterocycles. The Bertz CT molecular complexity index is 1900. The highest BCUT2D eigenvalue weighted by Gasteiger charge is 2.31. The minimum Gasteiger partial charge on any atom is -0.338 e. The molecule has 0 unspecified atom stereocenters. The molecule has 0 fully saturated rings. The highest BCUT2D eigenvalue weighted by atomic mass is 19.4. The summed E-state index contributed by atoms with van der Waals surface area (Å²) < 4.78 is 41.2. The number of alkyl halides is 3. The summed E-state index contributed by atoms with van der Waals surface area (Å²) in [6.07, 6.45) is 2.11. The summed E-state index contributed by atoms with van der Waals surface area (Å²) in [6.45, 7) is 2.53. The van der Waals surface area contributed by atoms with Gasteiger partial charge in [0.1, 0.15) is 5.52 Å². The summed E-state index contributed by atoms with van der Waals surface area (Å²) in [7, 11) is 5.56. The van der Waals surface area contributed by atoms with Crippen molar-refractivity contribution in [1.82, 2.24) is 19.3 Å². The molecule has 0 bridgehead atoms. The molecular weight excluding hydrogens is 571 g/mol. The van der Waals surface area contributed by atoms with E-state index in [9.17, 15) is 22.8 Å². The second-order valence-electron chi connectivity index (χ2n) is 10.5. The lowest BCUT2D eigenvalue weighted by atomic mass is 10.1. The van der Waals surface area contributed by atoms with Crippen LogP contribution in [0.3, 0.4) is 0 Å². The van der Waals surface area contributed by atoms with Gasteiger partial charge in [0.15, 0.2) is 5.82 Å². The quantitative estimate of drug-likeness (QED) is 0.203. The Balaban J connectivity index is 1.41. The van der Waals surface area contributed by atoms with Crippen molar-refractivity contribution < 1.29 is 22.8 Å². The van der Waals surface area contributed by atoms with Crippen LogP contribution < -0.4 is 15.5 Å². The van der Waals surface area contributed by atoms with Gasteiger partial charge in [-0.25, -0.2) is 9.97 Å². The molecule has 44 heavy (non-hydrogen) atoms. The van der Waals surface area contributed by atoms with Crippen molar-refractivity contribution in [2.24, 2.45) is 0 Å². The van der Waals surface area contributed by atoms with E-state index in [1.165, 1.54) is 12.1 Å². The van der Waals surface area contributed by atoms with Crippen molar-refractivity contribution in [3.63, 3.8) is 0 Å². The van der Waals surface area contributed by atoms with Gasteiger partial charge in [0.2, 0.25) is 5.91 Å². The molecule has 2 heterocycles. The number of hydrogen-bond donors (Lipinski definition) is 2. The second kappa shape index (κ2) is 12.2. The molecule has 3 aromatic carbocycles. The predicted molar refractivity (Wildman–Crippen MR) is 165 cm³/mol. The lowest BCUT2D eigenvalue weighted by Gasteiger charge is -2.17. The van der Waals surface area contributed by atoms with Gasteiger partial charge in [-0.3, -0.25) is 14.0 Å². The van der Waals surface area contributed by atoms with Crippen molar-refractivity contribution in [3.05, 3.63) is 102 Å². The monoisotopic (exact) mass is 601 g/mol. The Morgan fingerprint density at radius 1 is 1.00 bits per heavy atom. The van der Waals surface area contributed by atoms with Gasteiger partial charge in [-0.2, -0.15) is 13.2 Å². The summed E-state index contributed by atoms with van der Waals surface area (Å²) in [5.41, 5.74) is 3.63. The topological polar surface area (TPSA) is 94.9 Å². The van der Waals surface area contributed by atoms with Gasteiger partial charge in [0.25, 0.3) is 5.91 Å². The van der Waals surface area contributed by atoms with E-state index in [0.29, 0.717) is 40.5 Å². The average molecular weight is 602 g/mol. The fourth-order valence-corrected chi connectivity index (χ4v) is 4.55. The van der Waals surface area contributed by atoms with Gasteiger partial charge in [-0.1, -0.05) is 18.2 Å². The maximum Gasteiger partial charge on any atom is 0.416 e. The Morgan fingerprint density at radius 2 is 1.80 bits per heavy atom. The van der Waals surface area contributed by atoms with Crippen LogP contribution in [0.1, 0.15) is 21.5 Å². The predicted octanol–water partition coefficient (Wildman–Crippen LogP) is 6.29. The van der Waals surface area contributed by atoms with Gasteiger partial charge in [-0.15, -0.1) is 0 Å². The van der Waals surface area contributed by atoms with Crippen LogP contribution in [0.4, 0.5) is 36.1 Å². The van der Waals surface area contributed by atoms with Crippen molar-refractivity contribution in [2.75, 3.05) is 43.2 Å². The number of anilines is 4. The number of hydrogen-bond acceptors (Lipinski definition) is 6. The number of likely N-dealkylation sites (N-methyl/N-ethyl adjacent to an activating group) is 2. The van der Waals surface area contributed by atoms with E-state index in [-0.39, 0.29) is 11.5 Å². The number of nitrogens with one attached hydrogen (secondary N) is 2. The van der Waals surface area contributed by atoms with Crippen molar-refractivity contribution in [3.8, 4) is 0 Å². The van der Waals surface area contributed by atoms with Gasteiger partial charge >= 0.3 is 6.18 Å². The molecule has 0 atom stereocenters. The van der Waals surface area contributed by atoms with E-state index in [4.69, 9.17) is 4.98 Å². The SMILES string of the molecule is Cc1ccc(NC(=O)c2cccc(C(F)(F)F)c2)cc1Nc1nc2ccc(N(C)C(=O)C=CCN(C)C)cc2n2cncc12. The number of carbonyl (C=O) groups excluding carboxylic acids is 2. The van der Waals surface area contributed by atoms with Crippen molar-refractivity contribution >= 4 is 51.2 Å². The maximum atomic E-state index is 13.1. The second-order valence-corrected chi connectivity index (χ2v) is 10.5. The Kier molecular flexibility index (Phi) is 8.36. The number of fused-ring (bicyclic) bond motifs is 3. The molecule has 226 valence electrons. The number of rotatable bonds is 8. The molecule has 2 aromatic heterocycles. The first-order chi connectivity index (χ1) is 20.9. The third-order valence-electron chi connectivity index (χ3n) is 6.98. The molecule has 2 amide bonds. The summed E-state index contributed by atoms with van der Waals surface area (Å²) >= 11 is 0. The van der Waals surface area contributed by atoms with Gasteiger partial charge in [0, 0.05) is 42.3 Å². The molecule has 0 aliphatic carbocycles. The molecule has 0 radical (unpaired) electrons. The van der Waals surface area contributed by atoms with Crippen molar-refractivity contribution in [1.29, 1.82) is 0 Å². The smallest absolute Gasteiger partial charge is 0.338 e. The largest absolute Gasteiger partial charge is 0.416 e. The fraction of sp³-hybridized carbons (Fsp3) is 0.188. The van der Waals surface area contributed by atoms with Gasteiger partial charge < -0.3 is 20.4 Å². The molecule has 0 saturated carbocycles. The minimum atomic E-state index is -4.55. The highest BCUT2D eigenvalue weighted by Crippen LogP contribution is 2.31. The van der Waals surface area contributed by atoms with Crippen LogP contribution in [0.25, 0.3) is 16.6 Å². The van der Waals surface area contributed by atoms with Crippen LogP contribution in [-0.2, 0) is 11.0 Å². The highest BCUT2D eigenvalue weighted by molar-refractivity contribution is 6.05. The summed E-state index contributed by atoms with van der Waals surface area (Å²) in [6, 6.07) is 14.9. The Morgan fingerprint density at radius 3 is 2.55 bits per heavy atom. The molecular formula is C32H30F3N7O2. The van der Waals surface area contributed by atoms with Crippen LogP contribution in [0.2, 0.25) is 0 Å². The fourth-order valence-electron chi connectivity index (χ4n) is 4.55. The number of nitrogens with zero attached hydrogens (tertiary/aromatic N) is 5. The molecule has 2 N–H and O–H groups in total. The number of aromatic nitrogens is 3. The zero-order chi connectivity index (χ0) is 31.6. The molecule has 0 aliphatic heterocycles. The first-order valence-corrected chi connectivity index (χ1v) is 13.6. The van der Waals surface area contributed by atoms with Crippen LogP contribution in [-0.4, -0.2) is 58.8 Å². The number of halogens is 3. The van der Waals surface area contributed by atoms with E-state index in [0.717, 1.165) is 23.2 Å². The van der Waals surface area contributed by atoms with Crippen LogP contribution in [0.5, 0.6) is 0 Å². The molecule has 5 rings (SSSR count). The molecule has 12 heteroatoms. The van der Waals surface area contributed by atoms with E-state index >= 15 is 0 Å². The number of benzene rings is 3. The molecule has 9 nitrogen and oxygen atoms in total. The summed E-state index contributed by atoms with van der Waals surface area (Å²) in [5.74, 6) is -0.321. The van der Waals surface area contributed by atoms with E-state index < -0.39 is 17.6 Å². The molecule has 5 aromatic rings. The molecule has 0 spiro atoms. The van der Waals surface area contributed by atoms with Gasteiger partial charge in [-0.05, 0) is 75.1 Å². The first kappa shape index (κ1) is 30.2. The third-order valence-corrected chi connectivity index (χ3v) is 6.98. The zero-order valence-electron chi connectivity index (χ0n) is 24.5. The van der Waals surface area contributed by atoms with E-state index in [1.54, 1.807) is 54.8 Å². The van der Waals surface area contributed by atoms with E-state index in [2.05, 4.69) is 15.6 Å². The Hall–Kier alpha value is -5.23. The molecule has 0 aliphatic rings. The number of amides is 2. The van der Waals surface area contributed by atoms with Gasteiger partial charge in [0.05, 0.1) is 29.1 Å². The standard InChI is InChI=1S/C32H30F3N7O2/c1-20-10-11-23(37-31(44)21-7-5-8-22(15-21)32(33,34)35)16-26(20)39-30-28-18-36-19-42(28)27-17-24(12-13-25(27)38-30)41(4)29(43)9-6-14-40(2)3/h5-13,15-19H,14H2,1-4H3,(H,37,44)(H,38,39).